The number of halogens is 1. The van der Waals surface area contributed by atoms with E-state index in [1.807, 2.05) is 0 Å². The highest BCUT2D eigenvalue weighted by Gasteiger charge is 2.43. The van der Waals surface area contributed by atoms with Gasteiger partial charge in [-0.2, -0.15) is 0 Å². The van der Waals surface area contributed by atoms with Crippen LogP contribution < -0.4 is 5.32 Å². The van der Waals surface area contributed by atoms with E-state index in [0.717, 1.165) is 11.3 Å². The Hall–Kier alpha value is 0.250. The summed E-state index contributed by atoms with van der Waals surface area (Å²) in [6, 6.07) is 0. The van der Waals surface area contributed by atoms with Crippen LogP contribution >= 0.6 is 12.4 Å². The van der Waals surface area contributed by atoms with Crippen molar-refractivity contribution in [3.05, 3.63) is 0 Å². The molecule has 0 bridgehead atoms. The molecule has 1 saturated carbocycles. The molecule has 2 heteroatoms. The van der Waals surface area contributed by atoms with E-state index in [-0.39, 0.29) is 12.4 Å². The molecular weight excluding hydrogens is 146 g/mol. The van der Waals surface area contributed by atoms with Gasteiger partial charge in [-0.05, 0) is 37.1 Å². The molecule has 10 heavy (non-hydrogen) atoms. The van der Waals surface area contributed by atoms with E-state index in [4.69, 9.17) is 0 Å². The Morgan fingerprint density at radius 3 is 2.50 bits per heavy atom. The molecule has 1 aliphatic heterocycles. The molecule has 1 aliphatic carbocycles. The van der Waals surface area contributed by atoms with Gasteiger partial charge in [0.1, 0.15) is 0 Å². The van der Waals surface area contributed by atoms with Gasteiger partial charge in [0.05, 0.1) is 0 Å². The van der Waals surface area contributed by atoms with Crippen molar-refractivity contribution >= 4 is 12.4 Å². The van der Waals surface area contributed by atoms with Crippen LogP contribution in [0.1, 0.15) is 26.2 Å². The first-order valence-electron chi connectivity index (χ1n) is 4.02. The molecule has 1 spiro atoms. The summed E-state index contributed by atoms with van der Waals surface area (Å²) >= 11 is 0. The summed E-state index contributed by atoms with van der Waals surface area (Å²) in [5.41, 5.74) is 0.777. The molecule has 0 aromatic rings. The second-order valence-electron chi connectivity index (χ2n) is 3.94. The van der Waals surface area contributed by atoms with Crippen LogP contribution in [0.5, 0.6) is 0 Å². The molecule has 2 rings (SSSR count). The van der Waals surface area contributed by atoms with Crippen LogP contribution in [0, 0.1) is 11.3 Å². The van der Waals surface area contributed by atoms with Crippen molar-refractivity contribution in [1.82, 2.24) is 5.32 Å². The summed E-state index contributed by atoms with van der Waals surface area (Å²) in [5.74, 6) is 1.02. The van der Waals surface area contributed by atoms with Crippen LogP contribution in [0.4, 0.5) is 0 Å². The van der Waals surface area contributed by atoms with Gasteiger partial charge in [0.2, 0.25) is 0 Å². The minimum atomic E-state index is 0. The van der Waals surface area contributed by atoms with E-state index in [0.29, 0.717) is 0 Å². The Balaban J connectivity index is 0.000000500. The first-order chi connectivity index (χ1) is 4.31. The van der Waals surface area contributed by atoms with Crippen molar-refractivity contribution in [3.63, 3.8) is 0 Å². The zero-order valence-corrected chi connectivity index (χ0v) is 7.34. The minimum absolute atomic E-state index is 0. The fourth-order valence-electron chi connectivity index (χ4n) is 2.56. The van der Waals surface area contributed by atoms with Gasteiger partial charge < -0.3 is 5.32 Å². The van der Waals surface area contributed by atoms with E-state index in [9.17, 15) is 0 Å². The third-order valence-electron chi connectivity index (χ3n) is 2.90. The monoisotopic (exact) mass is 161 g/mol. The highest BCUT2D eigenvalue weighted by Crippen LogP contribution is 2.49. The third kappa shape index (κ3) is 1.17. The van der Waals surface area contributed by atoms with Crippen LogP contribution in [0.25, 0.3) is 0 Å². The number of hydrogen-bond donors (Lipinski definition) is 1. The van der Waals surface area contributed by atoms with Gasteiger partial charge in [0, 0.05) is 6.54 Å². The Kier molecular flexibility index (Phi) is 2.26. The van der Waals surface area contributed by atoms with Crippen LogP contribution in [0.2, 0.25) is 0 Å². The van der Waals surface area contributed by atoms with E-state index in [1.165, 1.54) is 32.4 Å². The summed E-state index contributed by atoms with van der Waals surface area (Å²) in [4.78, 5) is 0. The molecule has 60 valence electrons. The van der Waals surface area contributed by atoms with Gasteiger partial charge in [-0.25, -0.2) is 0 Å². The summed E-state index contributed by atoms with van der Waals surface area (Å²) in [6.45, 7) is 4.94. The normalized spacial score (nSPS) is 44.7. The average molecular weight is 162 g/mol. The van der Waals surface area contributed by atoms with Crippen LogP contribution in [-0.4, -0.2) is 13.1 Å². The van der Waals surface area contributed by atoms with Crippen molar-refractivity contribution < 1.29 is 0 Å². The topological polar surface area (TPSA) is 12.0 Å². The first-order valence-corrected chi connectivity index (χ1v) is 4.02. The van der Waals surface area contributed by atoms with Gasteiger partial charge in [-0.1, -0.05) is 6.92 Å². The molecular formula is C8H16ClN. The van der Waals surface area contributed by atoms with Gasteiger partial charge in [-0.3, -0.25) is 0 Å². The number of nitrogens with one attached hydrogen (secondary N) is 1. The maximum atomic E-state index is 3.44. The predicted octanol–water partition coefficient (Wildman–Crippen LogP) is 1.82. The zero-order valence-electron chi connectivity index (χ0n) is 6.52. The lowest BCUT2D eigenvalue weighted by Gasteiger charge is -2.43. The molecule has 1 nitrogen and oxygen atoms in total. The zero-order chi connectivity index (χ0) is 6.32. The van der Waals surface area contributed by atoms with Crippen molar-refractivity contribution in [2.45, 2.75) is 26.2 Å². The highest BCUT2D eigenvalue weighted by atomic mass is 35.5. The minimum Gasteiger partial charge on any atom is -0.316 e. The van der Waals surface area contributed by atoms with Crippen molar-refractivity contribution in [2.24, 2.45) is 11.3 Å². The second-order valence-corrected chi connectivity index (χ2v) is 3.94. The molecule has 0 aromatic carbocycles. The highest BCUT2D eigenvalue weighted by molar-refractivity contribution is 5.85. The molecule has 1 heterocycles. The molecule has 0 aromatic heterocycles. The lowest BCUT2D eigenvalue weighted by Crippen LogP contribution is -2.37. The SMILES string of the molecule is CC1CC2(CCNC2)C1.Cl. The van der Waals surface area contributed by atoms with E-state index in [1.54, 1.807) is 0 Å². The number of rotatable bonds is 0. The largest absolute Gasteiger partial charge is 0.316 e. The summed E-state index contributed by atoms with van der Waals surface area (Å²) < 4.78 is 0. The predicted molar refractivity (Wildman–Crippen MR) is 45.6 cm³/mol. The number of hydrogen-bond acceptors (Lipinski definition) is 1. The molecule has 2 fully saturated rings. The molecule has 0 unspecified atom stereocenters. The summed E-state index contributed by atoms with van der Waals surface area (Å²) in [7, 11) is 0. The van der Waals surface area contributed by atoms with Gasteiger partial charge in [0.15, 0.2) is 0 Å². The third-order valence-corrected chi connectivity index (χ3v) is 2.90. The molecule has 2 aliphatic rings. The van der Waals surface area contributed by atoms with Gasteiger partial charge >= 0.3 is 0 Å². The molecule has 0 atom stereocenters. The van der Waals surface area contributed by atoms with Crippen LogP contribution in [0.15, 0.2) is 0 Å². The Labute approximate surface area is 69.0 Å². The standard InChI is InChI=1S/C8H15N.ClH/c1-7-4-8(5-7)2-3-9-6-8;/h7,9H,2-6H2,1H3;1H. The maximum absolute atomic E-state index is 3.44. The lowest BCUT2D eigenvalue weighted by molar-refractivity contribution is 0.0897. The second kappa shape index (κ2) is 2.71. The van der Waals surface area contributed by atoms with Gasteiger partial charge in [-0.15, -0.1) is 12.4 Å². The quantitative estimate of drug-likeness (QED) is 0.572. The van der Waals surface area contributed by atoms with E-state index in [2.05, 4.69) is 12.2 Å². The Morgan fingerprint density at radius 2 is 2.10 bits per heavy atom. The maximum Gasteiger partial charge on any atom is 0.000849 e. The molecule has 0 radical (unpaired) electrons. The fraction of sp³-hybridized carbons (Fsp3) is 1.00. The van der Waals surface area contributed by atoms with Crippen LogP contribution in [0.3, 0.4) is 0 Å². The summed E-state index contributed by atoms with van der Waals surface area (Å²) in [6.07, 6.45) is 4.41. The Bertz CT molecular complexity index is 110. The van der Waals surface area contributed by atoms with E-state index < -0.39 is 0 Å². The van der Waals surface area contributed by atoms with Crippen LogP contribution in [-0.2, 0) is 0 Å². The first kappa shape index (κ1) is 8.35. The Morgan fingerprint density at radius 1 is 1.40 bits per heavy atom. The van der Waals surface area contributed by atoms with Crippen molar-refractivity contribution in [3.8, 4) is 0 Å². The molecule has 0 amide bonds. The van der Waals surface area contributed by atoms with Crippen molar-refractivity contribution in [2.75, 3.05) is 13.1 Å². The lowest BCUT2D eigenvalue weighted by atomic mass is 9.62. The van der Waals surface area contributed by atoms with Crippen molar-refractivity contribution in [1.29, 1.82) is 0 Å². The van der Waals surface area contributed by atoms with Gasteiger partial charge in [0.25, 0.3) is 0 Å². The summed E-state index contributed by atoms with van der Waals surface area (Å²) in [5, 5.41) is 3.44. The molecule has 1 saturated heterocycles. The van der Waals surface area contributed by atoms with E-state index >= 15 is 0 Å². The molecule has 1 N–H and O–H groups in total. The fourth-order valence-corrected chi connectivity index (χ4v) is 2.56. The average Bonchev–Trinajstić information content (AvgIpc) is 2.12. The smallest absolute Gasteiger partial charge is 0.000849 e.